The van der Waals surface area contributed by atoms with Gasteiger partial charge in [0.05, 0.1) is 23.7 Å². The normalized spacial score (nSPS) is 15.4. The summed E-state index contributed by atoms with van der Waals surface area (Å²) in [4.78, 5) is 9.90. The van der Waals surface area contributed by atoms with Gasteiger partial charge in [-0.2, -0.15) is 4.98 Å². The molecule has 4 rings (SSSR count). The first kappa shape index (κ1) is 29.2. The van der Waals surface area contributed by atoms with Crippen LogP contribution in [0.15, 0.2) is 53.6 Å². The lowest BCUT2D eigenvalue weighted by Crippen LogP contribution is -2.31. The van der Waals surface area contributed by atoms with Crippen molar-refractivity contribution in [2.75, 3.05) is 16.9 Å². The highest BCUT2D eigenvalue weighted by atomic mass is 35.5. The van der Waals surface area contributed by atoms with E-state index >= 15 is 0 Å². The van der Waals surface area contributed by atoms with E-state index in [9.17, 15) is 5.21 Å². The number of anilines is 4. The molecule has 9 heteroatoms. The van der Waals surface area contributed by atoms with Crippen molar-refractivity contribution in [2.45, 2.75) is 76.7 Å². The molecule has 3 N–H and O–H groups in total. The van der Waals surface area contributed by atoms with E-state index in [4.69, 9.17) is 16.3 Å². The Morgan fingerprint density at radius 2 is 2.00 bits per heavy atom. The molecule has 0 spiro atoms. The Morgan fingerprint density at radius 3 is 2.72 bits per heavy atom. The molecule has 1 aromatic heterocycles. The zero-order valence-corrected chi connectivity index (χ0v) is 25.0. The first-order valence-electron chi connectivity index (χ1n) is 13.5. The van der Waals surface area contributed by atoms with Gasteiger partial charge in [-0.1, -0.05) is 50.6 Å². The van der Waals surface area contributed by atoms with Gasteiger partial charge in [-0.05, 0) is 81.1 Å². The van der Waals surface area contributed by atoms with E-state index in [2.05, 4.69) is 66.5 Å². The summed E-state index contributed by atoms with van der Waals surface area (Å²) >= 11 is 8.12. The van der Waals surface area contributed by atoms with Crippen molar-refractivity contribution in [3.05, 3.63) is 64.8 Å². The minimum Gasteiger partial charge on any atom is -0.489 e. The van der Waals surface area contributed by atoms with E-state index in [1.54, 1.807) is 11.8 Å². The molecule has 0 fully saturated rings. The van der Waals surface area contributed by atoms with Crippen molar-refractivity contribution in [3.8, 4) is 5.75 Å². The highest BCUT2D eigenvalue weighted by Crippen LogP contribution is 2.39. The molecule has 1 aliphatic heterocycles. The second-order valence-corrected chi connectivity index (χ2v) is 12.2. The summed E-state index contributed by atoms with van der Waals surface area (Å²) in [5, 5.41) is 19.6. The van der Waals surface area contributed by atoms with Crippen LogP contribution in [0, 0.1) is 6.92 Å². The molecule has 1 aliphatic rings. The van der Waals surface area contributed by atoms with Crippen LogP contribution in [0.3, 0.4) is 0 Å². The van der Waals surface area contributed by atoms with Gasteiger partial charge >= 0.3 is 0 Å². The van der Waals surface area contributed by atoms with Crippen molar-refractivity contribution in [1.82, 2.24) is 15.3 Å². The van der Waals surface area contributed by atoms with Crippen molar-refractivity contribution in [3.63, 3.8) is 0 Å². The standard InChI is InChI=1S/C30H38ClN5O2S/c1-7-22-15-21(12-13-32-22)23-16-27(38-18(2)3)25(14-20(23)6)34-30-33-17-24(31)29(35-30)36(37)26-10-8-9-11-28(26)39-19(4)5/h8-11,14-19,22,32,37H,7,12-13H2,1-6H3,(H,33,34,35)/t22-/m0/s1. The molecule has 208 valence electrons. The Hall–Kier alpha value is -2.78. The van der Waals surface area contributed by atoms with Gasteiger partial charge in [-0.3, -0.25) is 5.21 Å². The Bertz CT molecular complexity index is 1330. The topological polar surface area (TPSA) is 82.5 Å². The molecule has 0 unspecified atom stereocenters. The molecule has 0 aliphatic carbocycles. The average molecular weight is 568 g/mol. The molecule has 0 saturated carbocycles. The second-order valence-electron chi connectivity index (χ2n) is 10.2. The number of hydrogen-bond donors (Lipinski definition) is 3. The number of aryl methyl sites for hydroxylation is 1. The number of nitrogens with one attached hydrogen (secondary N) is 2. The summed E-state index contributed by atoms with van der Waals surface area (Å²) in [7, 11) is 0. The van der Waals surface area contributed by atoms with Crippen LogP contribution < -0.4 is 20.4 Å². The maximum absolute atomic E-state index is 11.2. The highest BCUT2D eigenvalue weighted by Gasteiger charge is 2.20. The quantitative estimate of drug-likeness (QED) is 0.167. The maximum atomic E-state index is 11.2. The van der Waals surface area contributed by atoms with E-state index < -0.39 is 0 Å². The Labute approximate surface area is 241 Å². The smallest absolute Gasteiger partial charge is 0.229 e. The minimum atomic E-state index is -0.0175. The summed E-state index contributed by atoms with van der Waals surface area (Å²) in [6.07, 6.45) is 5.82. The lowest BCUT2D eigenvalue weighted by atomic mass is 9.92. The van der Waals surface area contributed by atoms with Gasteiger partial charge < -0.3 is 15.4 Å². The SMILES string of the molecule is CC[C@H]1C=C(c2cc(OC(C)C)c(Nc3ncc(Cl)c(N(O)c4ccccc4SC(C)C)n3)cc2C)CCN1. The van der Waals surface area contributed by atoms with Crippen LogP contribution in [0.25, 0.3) is 5.57 Å². The molecule has 0 radical (unpaired) electrons. The first-order valence-corrected chi connectivity index (χ1v) is 14.7. The van der Waals surface area contributed by atoms with Gasteiger partial charge in [0.1, 0.15) is 10.8 Å². The van der Waals surface area contributed by atoms with Gasteiger partial charge in [0.15, 0.2) is 5.82 Å². The third kappa shape index (κ3) is 7.25. The summed E-state index contributed by atoms with van der Waals surface area (Å²) in [6, 6.07) is 12.2. The van der Waals surface area contributed by atoms with Crippen LogP contribution in [-0.4, -0.2) is 39.1 Å². The molecular weight excluding hydrogens is 530 g/mol. The van der Waals surface area contributed by atoms with Crippen LogP contribution in [0.2, 0.25) is 5.02 Å². The fourth-order valence-corrected chi connectivity index (χ4v) is 5.65. The number of ether oxygens (including phenoxy) is 1. The molecule has 0 saturated heterocycles. The third-order valence-corrected chi connectivity index (χ3v) is 7.64. The molecule has 1 atom stereocenters. The number of halogens is 1. The fraction of sp³-hybridized carbons (Fsp3) is 0.400. The van der Waals surface area contributed by atoms with Crippen LogP contribution >= 0.6 is 23.4 Å². The van der Waals surface area contributed by atoms with Crippen LogP contribution in [0.4, 0.5) is 23.1 Å². The van der Waals surface area contributed by atoms with E-state index in [1.807, 2.05) is 38.1 Å². The van der Waals surface area contributed by atoms with Gasteiger partial charge in [-0.25, -0.2) is 10.0 Å². The first-order chi connectivity index (χ1) is 18.7. The number of nitrogens with zero attached hydrogens (tertiary/aromatic N) is 3. The summed E-state index contributed by atoms with van der Waals surface area (Å²) < 4.78 is 6.23. The van der Waals surface area contributed by atoms with Crippen molar-refractivity contribution >= 4 is 52.1 Å². The lowest BCUT2D eigenvalue weighted by molar-refractivity contribution is 0.243. The number of benzene rings is 2. The number of aromatic nitrogens is 2. The van der Waals surface area contributed by atoms with Gasteiger partial charge in [0.2, 0.25) is 5.95 Å². The molecular formula is C30H38ClN5O2S. The van der Waals surface area contributed by atoms with Gasteiger partial charge in [0, 0.05) is 16.2 Å². The third-order valence-electron chi connectivity index (χ3n) is 6.31. The zero-order valence-electron chi connectivity index (χ0n) is 23.5. The fourth-order valence-electron chi connectivity index (χ4n) is 4.53. The summed E-state index contributed by atoms with van der Waals surface area (Å²) in [5.41, 5.74) is 5.01. The van der Waals surface area contributed by atoms with Crippen molar-refractivity contribution in [2.24, 2.45) is 0 Å². The van der Waals surface area contributed by atoms with Crippen LogP contribution in [0.1, 0.15) is 58.6 Å². The monoisotopic (exact) mass is 567 g/mol. The predicted molar refractivity (Wildman–Crippen MR) is 163 cm³/mol. The molecule has 2 heterocycles. The summed E-state index contributed by atoms with van der Waals surface area (Å²) in [6.45, 7) is 13.5. The van der Waals surface area contributed by atoms with Crippen LogP contribution in [0.5, 0.6) is 5.75 Å². The van der Waals surface area contributed by atoms with E-state index in [0.29, 0.717) is 22.9 Å². The van der Waals surface area contributed by atoms with Crippen molar-refractivity contribution < 1.29 is 9.94 Å². The number of thioether (sulfide) groups is 1. The van der Waals surface area contributed by atoms with E-state index in [0.717, 1.165) is 46.3 Å². The molecule has 2 aromatic carbocycles. The van der Waals surface area contributed by atoms with Crippen LogP contribution in [-0.2, 0) is 0 Å². The predicted octanol–water partition coefficient (Wildman–Crippen LogP) is 8.15. The van der Waals surface area contributed by atoms with Gasteiger partial charge in [-0.15, -0.1) is 11.8 Å². The minimum absolute atomic E-state index is 0.0175. The maximum Gasteiger partial charge on any atom is 0.229 e. The molecule has 3 aromatic rings. The lowest BCUT2D eigenvalue weighted by Gasteiger charge is -2.25. The largest absolute Gasteiger partial charge is 0.489 e. The number of rotatable bonds is 10. The number of para-hydroxylation sites is 1. The zero-order chi connectivity index (χ0) is 28.1. The van der Waals surface area contributed by atoms with Gasteiger partial charge in [0.25, 0.3) is 0 Å². The average Bonchev–Trinajstić information content (AvgIpc) is 2.90. The Morgan fingerprint density at radius 1 is 1.23 bits per heavy atom. The Kier molecular flexibility index (Phi) is 9.77. The molecule has 0 amide bonds. The van der Waals surface area contributed by atoms with E-state index in [-0.39, 0.29) is 16.9 Å². The second kappa shape index (κ2) is 13.0. The summed E-state index contributed by atoms with van der Waals surface area (Å²) in [5.74, 6) is 1.21. The highest BCUT2D eigenvalue weighted by molar-refractivity contribution is 8.00. The van der Waals surface area contributed by atoms with E-state index in [1.165, 1.54) is 17.3 Å². The molecule has 7 nitrogen and oxygen atoms in total. The van der Waals surface area contributed by atoms with Crippen molar-refractivity contribution in [1.29, 1.82) is 0 Å². The molecule has 0 bridgehead atoms. The number of hydrogen-bond acceptors (Lipinski definition) is 8. The molecule has 39 heavy (non-hydrogen) atoms. The Balaban J connectivity index is 1.68.